The molecule has 0 fully saturated rings. The van der Waals surface area contributed by atoms with E-state index in [1.807, 2.05) is 6.92 Å². The van der Waals surface area contributed by atoms with Crippen molar-refractivity contribution < 1.29 is 18.1 Å². The Morgan fingerprint density at radius 2 is 1.73 bits per heavy atom. The van der Waals surface area contributed by atoms with Crippen molar-refractivity contribution >= 4 is 27.4 Å². The predicted octanol–water partition coefficient (Wildman–Crippen LogP) is 1.39. The first-order chi connectivity index (χ1) is 12.0. The molecule has 0 bridgehead atoms. The van der Waals surface area contributed by atoms with Crippen molar-refractivity contribution in [2.24, 2.45) is 16.5 Å². The lowest BCUT2D eigenvalue weighted by Crippen LogP contribution is -2.24. The maximum absolute atomic E-state index is 12.2. The van der Waals surface area contributed by atoms with Crippen molar-refractivity contribution in [3.8, 4) is 11.1 Å². The zero-order valence-electron chi connectivity index (χ0n) is 14.0. The second-order valence-corrected chi connectivity index (χ2v) is 7.59. The topological polar surface area (TPSA) is 159 Å². The fourth-order valence-electron chi connectivity index (χ4n) is 2.33. The van der Waals surface area contributed by atoms with Crippen LogP contribution >= 0.6 is 0 Å². The molecule has 136 valence electrons. The molecule has 2 rings (SSSR count). The molecule has 26 heavy (non-hydrogen) atoms. The van der Waals surface area contributed by atoms with Gasteiger partial charge in [0.1, 0.15) is 5.56 Å². The number of benzene rings is 2. The molecule has 0 aliphatic rings. The molecule has 0 aliphatic carbocycles. The molecule has 0 saturated carbocycles. The van der Waals surface area contributed by atoms with E-state index in [0.717, 1.165) is 24.0 Å². The van der Waals surface area contributed by atoms with Gasteiger partial charge in [0.05, 0.1) is 9.82 Å². The number of nitrogens with zero attached hydrogens (tertiary/aromatic N) is 2. The average molecular weight is 376 g/mol. The smallest absolute Gasteiger partial charge is 0.287 e. The highest BCUT2D eigenvalue weighted by molar-refractivity contribution is 7.90. The SMILES string of the molecule is Cc1ccc(-c2cc([N+](=O)[O-])c(C(=O)N=C(N)N)cc2S(C)(=O)=O)cc1. The monoisotopic (exact) mass is 376 g/mol. The van der Waals surface area contributed by atoms with E-state index in [1.54, 1.807) is 24.3 Å². The third kappa shape index (κ3) is 4.03. The maximum Gasteiger partial charge on any atom is 0.287 e. The first-order valence-corrected chi connectivity index (χ1v) is 9.13. The molecule has 0 heterocycles. The number of hydrogen-bond acceptors (Lipinski definition) is 5. The van der Waals surface area contributed by atoms with Crippen LogP contribution in [0, 0.1) is 17.0 Å². The average Bonchev–Trinajstić information content (AvgIpc) is 2.52. The van der Waals surface area contributed by atoms with Crippen LogP contribution in [0.15, 0.2) is 46.3 Å². The number of amides is 1. The highest BCUT2D eigenvalue weighted by atomic mass is 32.2. The van der Waals surface area contributed by atoms with Gasteiger partial charge in [-0.25, -0.2) is 8.42 Å². The number of carbonyl (C=O) groups excluding carboxylic acids is 1. The zero-order valence-corrected chi connectivity index (χ0v) is 14.8. The molecule has 2 aromatic rings. The van der Waals surface area contributed by atoms with Crippen molar-refractivity contribution in [2.75, 3.05) is 6.26 Å². The lowest BCUT2D eigenvalue weighted by molar-refractivity contribution is -0.385. The maximum atomic E-state index is 12.2. The predicted molar refractivity (Wildman–Crippen MR) is 96.5 cm³/mol. The van der Waals surface area contributed by atoms with E-state index in [4.69, 9.17) is 11.5 Å². The number of aryl methyl sites for hydroxylation is 1. The Hall–Kier alpha value is -3.27. The fourth-order valence-corrected chi connectivity index (χ4v) is 3.24. The quantitative estimate of drug-likeness (QED) is 0.353. The molecule has 2 aromatic carbocycles. The molecular weight excluding hydrogens is 360 g/mol. The molecule has 10 heteroatoms. The number of hydrogen-bond donors (Lipinski definition) is 2. The summed E-state index contributed by atoms with van der Waals surface area (Å²) in [6.45, 7) is 1.85. The van der Waals surface area contributed by atoms with Gasteiger partial charge in [0.15, 0.2) is 15.8 Å². The van der Waals surface area contributed by atoms with Gasteiger partial charge in [0.25, 0.3) is 11.6 Å². The number of aliphatic imine (C=N–C) groups is 1. The van der Waals surface area contributed by atoms with Crippen molar-refractivity contribution in [3.05, 3.63) is 57.6 Å². The lowest BCUT2D eigenvalue weighted by atomic mass is 10.0. The summed E-state index contributed by atoms with van der Waals surface area (Å²) < 4.78 is 24.4. The van der Waals surface area contributed by atoms with E-state index in [2.05, 4.69) is 4.99 Å². The van der Waals surface area contributed by atoms with Crippen LogP contribution in [0.3, 0.4) is 0 Å². The summed E-state index contributed by atoms with van der Waals surface area (Å²) in [5.74, 6) is -1.69. The summed E-state index contributed by atoms with van der Waals surface area (Å²) in [5, 5.41) is 11.4. The summed E-state index contributed by atoms with van der Waals surface area (Å²) in [5.41, 5.74) is 10.7. The Balaban J connectivity index is 2.87. The van der Waals surface area contributed by atoms with E-state index in [9.17, 15) is 23.3 Å². The standard InChI is InChI=1S/C16H16N4O5S/c1-9-3-5-10(6-4-9)11-7-13(20(22)23)12(15(21)19-16(17)18)8-14(11)26(2,24)25/h3-8H,1-2H3,(H4,17,18,19,21). The number of sulfone groups is 1. The van der Waals surface area contributed by atoms with Crippen molar-refractivity contribution in [1.29, 1.82) is 0 Å². The van der Waals surface area contributed by atoms with E-state index < -0.39 is 37.9 Å². The van der Waals surface area contributed by atoms with Crippen LogP contribution < -0.4 is 11.5 Å². The largest absolute Gasteiger partial charge is 0.370 e. The van der Waals surface area contributed by atoms with Crippen LogP contribution in [0.2, 0.25) is 0 Å². The van der Waals surface area contributed by atoms with E-state index in [-0.39, 0.29) is 10.5 Å². The first kappa shape index (κ1) is 19.1. The lowest BCUT2D eigenvalue weighted by Gasteiger charge is -2.11. The van der Waals surface area contributed by atoms with Gasteiger partial charge in [-0.2, -0.15) is 4.99 Å². The van der Waals surface area contributed by atoms with Gasteiger partial charge in [-0.1, -0.05) is 29.8 Å². The molecule has 0 spiro atoms. The fraction of sp³-hybridized carbons (Fsp3) is 0.125. The van der Waals surface area contributed by atoms with Gasteiger partial charge in [-0.3, -0.25) is 14.9 Å². The highest BCUT2D eigenvalue weighted by Crippen LogP contribution is 2.34. The summed E-state index contributed by atoms with van der Waals surface area (Å²) in [7, 11) is -3.80. The molecule has 0 saturated heterocycles. The third-order valence-corrected chi connectivity index (χ3v) is 4.65. The van der Waals surface area contributed by atoms with Gasteiger partial charge in [-0.15, -0.1) is 0 Å². The van der Waals surface area contributed by atoms with Crippen LogP contribution in [-0.4, -0.2) is 31.5 Å². The van der Waals surface area contributed by atoms with E-state index in [0.29, 0.717) is 5.56 Å². The molecule has 1 amide bonds. The zero-order chi connectivity index (χ0) is 19.6. The minimum atomic E-state index is -3.80. The van der Waals surface area contributed by atoms with Crippen LogP contribution in [0.4, 0.5) is 5.69 Å². The molecule has 0 atom stereocenters. The number of carbonyl (C=O) groups is 1. The summed E-state index contributed by atoms with van der Waals surface area (Å²) in [6, 6.07) is 8.73. The Labute approximate surface area is 149 Å². The molecule has 0 unspecified atom stereocenters. The van der Waals surface area contributed by atoms with E-state index >= 15 is 0 Å². The van der Waals surface area contributed by atoms with Gasteiger partial charge < -0.3 is 11.5 Å². The number of nitrogens with two attached hydrogens (primary N) is 2. The Morgan fingerprint density at radius 1 is 1.15 bits per heavy atom. The van der Waals surface area contributed by atoms with Crippen LogP contribution in [-0.2, 0) is 9.84 Å². The number of nitro benzene ring substituents is 1. The molecular formula is C16H16N4O5S. The molecule has 9 nitrogen and oxygen atoms in total. The minimum Gasteiger partial charge on any atom is -0.370 e. The van der Waals surface area contributed by atoms with Crippen LogP contribution in [0.25, 0.3) is 11.1 Å². The second kappa shape index (κ2) is 6.92. The Morgan fingerprint density at radius 3 is 2.19 bits per heavy atom. The van der Waals surface area contributed by atoms with Crippen LogP contribution in [0.1, 0.15) is 15.9 Å². The summed E-state index contributed by atoms with van der Waals surface area (Å²) in [6.07, 6.45) is 0.945. The normalized spacial score (nSPS) is 11.0. The molecule has 0 radical (unpaired) electrons. The summed E-state index contributed by atoms with van der Waals surface area (Å²) >= 11 is 0. The van der Waals surface area contributed by atoms with Crippen molar-refractivity contribution in [2.45, 2.75) is 11.8 Å². The first-order valence-electron chi connectivity index (χ1n) is 7.24. The minimum absolute atomic E-state index is 0.112. The van der Waals surface area contributed by atoms with Gasteiger partial charge in [0, 0.05) is 17.9 Å². The van der Waals surface area contributed by atoms with Gasteiger partial charge in [-0.05, 0) is 18.6 Å². The Kier molecular flexibility index (Phi) is 5.07. The summed E-state index contributed by atoms with van der Waals surface area (Å²) in [4.78, 5) is 25.7. The van der Waals surface area contributed by atoms with E-state index in [1.165, 1.54) is 0 Å². The van der Waals surface area contributed by atoms with Crippen molar-refractivity contribution in [1.82, 2.24) is 0 Å². The molecule has 0 aliphatic heterocycles. The van der Waals surface area contributed by atoms with Gasteiger partial charge in [0.2, 0.25) is 0 Å². The highest BCUT2D eigenvalue weighted by Gasteiger charge is 2.27. The molecule has 4 N–H and O–H groups in total. The van der Waals surface area contributed by atoms with Crippen molar-refractivity contribution in [3.63, 3.8) is 0 Å². The Bertz CT molecular complexity index is 1020. The number of guanidine groups is 1. The number of nitro groups is 1. The van der Waals surface area contributed by atoms with Gasteiger partial charge >= 0.3 is 0 Å². The third-order valence-electron chi connectivity index (χ3n) is 3.52. The van der Waals surface area contributed by atoms with Crippen LogP contribution in [0.5, 0.6) is 0 Å². The number of rotatable bonds is 4. The molecule has 0 aromatic heterocycles. The second-order valence-electron chi connectivity index (χ2n) is 5.60.